The number of thiophene rings is 1. The number of aromatic nitrogens is 2. The van der Waals surface area contributed by atoms with Gasteiger partial charge in [0.05, 0.1) is 16.1 Å². The highest BCUT2D eigenvalue weighted by Gasteiger charge is 2.15. The van der Waals surface area contributed by atoms with Gasteiger partial charge < -0.3 is 10.2 Å². The monoisotopic (exact) mass is 509 g/mol. The summed E-state index contributed by atoms with van der Waals surface area (Å²) < 4.78 is 0. The Labute approximate surface area is 217 Å². The normalized spacial score (nSPS) is 13.0. The van der Waals surface area contributed by atoms with Crippen molar-refractivity contribution in [1.29, 1.82) is 0 Å². The molecule has 0 saturated carbocycles. The van der Waals surface area contributed by atoms with Gasteiger partial charge in [-0.3, -0.25) is 24.4 Å². The Morgan fingerprint density at radius 1 is 1.05 bits per heavy atom. The van der Waals surface area contributed by atoms with Gasteiger partial charge in [-0.2, -0.15) is 5.10 Å². The molecule has 0 saturated heterocycles. The van der Waals surface area contributed by atoms with Gasteiger partial charge in [-0.25, -0.2) is 0 Å². The van der Waals surface area contributed by atoms with E-state index in [1.54, 1.807) is 12.4 Å². The van der Waals surface area contributed by atoms with E-state index in [0.29, 0.717) is 17.1 Å². The summed E-state index contributed by atoms with van der Waals surface area (Å²) in [7, 11) is 0. The molecular weight excluding hydrogens is 486 g/mol. The zero-order valence-electron chi connectivity index (χ0n) is 19.9. The van der Waals surface area contributed by atoms with Gasteiger partial charge in [0.2, 0.25) is 6.29 Å². The van der Waals surface area contributed by atoms with Crippen LogP contribution in [0.5, 0.6) is 0 Å². The number of carbonyl (C=O) groups is 3. The molecule has 1 aliphatic rings. The topological polar surface area (TPSA) is 98.4 Å². The lowest BCUT2D eigenvalue weighted by Gasteiger charge is -2.23. The van der Waals surface area contributed by atoms with E-state index < -0.39 is 5.91 Å². The predicted molar refractivity (Wildman–Crippen MR) is 145 cm³/mol. The number of anilines is 1. The van der Waals surface area contributed by atoms with Gasteiger partial charge in [0.15, 0.2) is 0 Å². The summed E-state index contributed by atoms with van der Waals surface area (Å²) in [5.41, 5.74) is 5.15. The van der Waals surface area contributed by atoms with Crippen LogP contribution in [0.15, 0.2) is 78.7 Å². The van der Waals surface area contributed by atoms with E-state index in [1.807, 2.05) is 77.9 Å². The van der Waals surface area contributed by atoms with E-state index in [1.165, 1.54) is 28.6 Å². The molecule has 0 fully saturated rings. The summed E-state index contributed by atoms with van der Waals surface area (Å²) in [5, 5.41) is 13.4. The first-order chi connectivity index (χ1) is 18.0. The van der Waals surface area contributed by atoms with Gasteiger partial charge in [0.1, 0.15) is 0 Å². The van der Waals surface area contributed by atoms with Crippen LogP contribution >= 0.6 is 11.3 Å². The average molecular weight is 510 g/mol. The fraction of sp³-hybridized carbons (Fsp3) is 0.0714. The lowest BCUT2D eigenvalue weighted by Crippen LogP contribution is -2.26. The van der Waals surface area contributed by atoms with Crippen molar-refractivity contribution in [3.05, 3.63) is 106 Å². The van der Waals surface area contributed by atoms with Crippen molar-refractivity contribution in [2.75, 3.05) is 5.32 Å². The van der Waals surface area contributed by atoms with Crippen molar-refractivity contribution >= 4 is 58.2 Å². The molecule has 37 heavy (non-hydrogen) atoms. The van der Waals surface area contributed by atoms with Crippen LogP contribution in [0.3, 0.4) is 0 Å². The Hall–Kier alpha value is -4.76. The lowest BCUT2D eigenvalue weighted by atomic mass is 10.1. The van der Waals surface area contributed by atoms with Crippen molar-refractivity contribution < 1.29 is 14.4 Å². The first kappa shape index (κ1) is 24.0. The third kappa shape index (κ3) is 5.26. The number of aryl methyl sites for hydroxylation is 1. The second kappa shape index (κ2) is 10.5. The molecule has 1 aliphatic heterocycles. The second-order valence-corrected chi connectivity index (χ2v) is 9.34. The number of benzene rings is 2. The molecular formula is C28H23N5O3S. The highest BCUT2D eigenvalue weighted by molar-refractivity contribution is 7.12. The minimum atomic E-state index is -0.637. The van der Waals surface area contributed by atoms with Crippen LogP contribution in [0.25, 0.3) is 23.1 Å². The molecule has 0 bridgehead atoms. The van der Waals surface area contributed by atoms with E-state index >= 15 is 0 Å². The number of hydrogen-bond acceptors (Lipinski definition) is 6. The summed E-state index contributed by atoms with van der Waals surface area (Å²) in [6.07, 6.45) is 10.6. The summed E-state index contributed by atoms with van der Waals surface area (Å²) in [5.74, 6) is -0.799. The van der Waals surface area contributed by atoms with Crippen molar-refractivity contribution in [2.24, 2.45) is 0 Å². The van der Waals surface area contributed by atoms with E-state index in [0.717, 1.165) is 33.3 Å². The molecule has 0 radical (unpaired) electrons. The zero-order valence-corrected chi connectivity index (χ0v) is 20.7. The Morgan fingerprint density at radius 2 is 1.86 bits per heavy atom. The number of nitrogens with zero attached hydrogens (tertiary/aromatic N) is 3. The Morgan fingerprint density at radius 3 is 2.62 bits per heavy atom. The maximum absolute atomic E-state index is 13.0. The molecule has 2 aromatic carbocycles. The third-order valence-corrected chi connectivity index (χ3v) is 6.93. The molecule has 0 unspecified atom stereocenters. The minimum absolute atomic E-state index is 0.162. The van der Waals surface area contributed by atoms with Crippen molar-refractivity contribution in [1.82, 2.24) is 20.0 Å². The van der Waals surface area contributed by atoms with Crippen LogP contribution in [0.2, 0.25) is 0 Å². The Kier molecular flexibility index (Phi) is 6.78. The molecule has 2 aromatic heterocycles. The largest absolute Gasteiger partial charge is 0.347 e. The highest BCUT2D eigenvalue weighted by Crippen LogP contribution is 2.26. The van der Waals surface area contributed by atoms with Crippen LogP contribution in [-0.4, -0.2) is 38.1 Å². The fourth-order valence-corrected chi connectivity index (χ4v) is 4.78. The van der Waals surface area contributed by atoms with Crippen LogP contribution in [0.1, 0.15) is 32.1 Å². The quantitative estimate of drug-likeness (QED) is 0.266. The maximum atomic E-state index is 13.0. The number of para-hydroxylation sites is 1. The van der Waals surface area contributed by atoms with Crippen molar-refractivity contribution in [2.45, 2.75) is 13.5 Å². The molecule has 0 aliphatic carbocycles. The number of carbonyl (C=O) groups excluding carboxylic acids is 3. The molecule has 0 atom stereocenters. The predicted octanol–water partition coefficient (Wildman–Crippen LogP) is 5.14. The maximum Gasteiger partial charge on any atom is 0.294 e. The van der Waals surface area contributed by atoms with E-state index in [9.17, 15) is 14.4 Å². The summed E-state index contributed by atoms with van der Waals surface area (Å²) >= 11 is 1.40. The molecule has 5 rings (SSSR count). The van der Waals surface area contributed by atoms with Crippen molar-refractivity contribution in [3.63, 3.8) is 0 Å². The van der Waals surface area contributed by atoms with Gasteiger partial charge in [-0.15, -0.1) is 11.3 Å². The van der Waals surface area contributed by atoms with E-state index in [2.05, 4.69) is 15.5 Å². The Balaban J connectivity index is 1.42. The van der Waals surface area contributed by atoms with Crippen LogP contribution in [0.4, 0.5) is 5.69 Å². The highest BCUT2D eigenvalue weighted by atomic mass is 32.1. The standard InChI is InChI=1S/C28H23N5O3S/c1-19-10-15-37-27(19)28(36)29-25-16-20(17-32-11-13-33(14-12-32)26(35)18-34)6-7-21(25)8-9-24-22-4-2-3-5-23(22)30-31-24/h2-16,18H,17H2,1H3,(H,29,36)(H,30,31). The van der Waals surface area contributed by atoms with Gasteiger partial charge in [0, 0.05) is 42.4 Å². The molecule has 8 nitrogen and oxygen atoms in total. The molecule has 4 aromatic rings. The lowest BCUT2D eigenvalue weighted by molar-refractivity contribution is -0.135. The fourth-order valence-electron chi connectivity index (χ4n) is 3.96. The first-order valence-electron chi connectivity index (χ1n) is 11.5. The number of hydrogen-bond donors (Lipinski definition) is 2. The van der Waals surface area contributed by atoms with Crippen LogP contribution in [0, 0.1) is 6.92 Å². The summed E-state index contributed by atoms with van der Waals surface area (Å²) in [4.78, 5) is 39.1. The van der Waals surface area contributed by atoms with Gasteiger partial charge in [0.25, 0.3) is 11.8 Å². The molecule has 2 N–H and O–H groups in total. The number of aldehydes is 1. The number of fused-ring (bicyclic) bond motifs is 1. The molecule has 0 spiro atoms. The summed E-state index contributed by atoms with van der Waals surface area (Å²) in [6, 6.07) is 15.7. The van der Waals surface area contributed by atoms with Crippen LogP contribution < -0.4 is 5.32 Å². The first-order valence-corrected chi connectivity index (χ1v) is 12.4. The summed E-state index contributed by atoms with van der Waals surface area (Å²) in [6.45, 7) is 2.42. The SMILES string of the molecule is Cc1ccsc1C(=O)Nc1cc(CN2C=CN(C(=O)C=O)C=C2)ccc1C=Cc1n[nH]c2ccccc12. The smallest absolute Gasteiger partial charge is 0.294 e. The second-order valence-electron chi connectivity index (χ2n) is 8.43. The third-order valence-electron chi connectivity index (χ3n) is 5.91. The minimum Gasteiger partial charge on any atom is -0.347 e. The molecule has 184 valence electrons. The zero-order chi connectivity index (χ0) is 25.8. The number of amides is 2. The van der Waals surface area contributed by atoms with E-state index in [4.69, 9.17) is 0 Å². The van der Waals surface area contributed by atoms with Crippen LogP contribution in [-0.2, 0) is 16.1 Å². The molecule has 9 heteroatoms. The number of H-pyrrole nitrogens is 1. The molecule has 3 heterocycles. The van der Waals surface area contributed by atoms with Gasteiger partial charge in [-0.05, 0) is 53.3 Å². The number of aromatic amines is 1. The van der Waals surface area contributed by atoms with Gasteiger partial charge in [-0.1, -0.05) is 36.4 Å². The number of nitrogens with one attached hydrogen (secondary N) is 2. The average Bonchev–Trinajstić information content (AvgIpc) is 3.54. The van der Waals surface area contributed by atoms with Crippen molar-refractivity contribution in [3.8, 4) is 0 Å². The van der Waals surface area contributed by atoms with E-state index in [-0.39, 0.29) is 12.2 Å². The number of rotatable bonds is 7. The Bertz CT molecular complexity index is 1570. The molecule has 2 amide bonds. The van der Waals surface area contributed by atoms with Gasteiger partial charge >= 0.3 is 0 Å².